The number of nitro benzene ring substituents is 1. The van der Waals surface area contributed by atoms with Crippen LogP contribution in [0.1, 0.15) is 25.7 Å². The van der Waals surface area contributed by atoms with Gasteiger partial charge in [-0.25, -0.2) is 13.1 Å². The lowest BCUT2D eigenvalue weighted by Gasteiger charge is -2.29. The van der Waals surface area contributed by atoms with Crippen molar-refractivity contribution in [1.82, 2.24) is 10.0 Å². The highest BCUT2D eigenvalue weighted by atomic mass is 32.2. The summed E-state index contributed by atoms with van der Waals surface area (Å²) in [5.74, 6) is 0.246. The summed E-state index contributed by atoms with van der Waals surface area (Å²) in [5, 5.41) is 14.6. The van der Waals surface area contributed by atoms with Gasteiger partial charge in [-0.05, 0) is 37.8 Å². The van der Waals surface area contributed by atoms with Crippen LogP contribution in [0.5, 0.6) is 5.75 Å². The third-order valence-corrected chi connectivity index (χ3v) is 6.02. The fourth-order valence-corrected chi connectivity index (χ4v) is 4.84. The number of nitro groups is 1. The van der Waals surface area contributed by atoms with Crippen molar-refractivity contribution in [2.24, 2.45) is 0 Å². The number of methoxy groups -OCH3 is 1. The molecule has 0 spiro atoms. The van der Waals surface area contributed by atoms with E-state index < -0.39 is 20.6 Å². The summed E-state index contributed by atoms with van der Waals surface area (Å²) in [5.41, 5.74) is -0.478. The van der Waals surface area contributed by atoms with Gasteiger partial charge in [-0.15, -0.1) is 0 Å². The molecule has 2 unspecified atom stereocenters. The summed E-state index contributed by atoms with van der Waals surface area (Å²) < 4.78 is 32.7. The molecule has 2 N–H and O–H groups in total. The summed E-state index contributed by atoms with van der Waals surface area (Å²) in [6, 6.07) is 4.21. The molecule has 2 atom stereocenters. The van der Waals surface area contributed by atoms with Crippen molar-refractivity contribution >= 4 is 15.7 Å². The summed E-state index contributed by atoms with van der Waals surface area (Å²) >= 11 is 0. The highest BCUT2D eigenvalue weighted by Gasteiger charge is 2.36. The van der Waals surface area contributed by atoms with Gasteiger partial charge in [0.15, 0.2) is 4.90 Å². The van der Waals surface area contributed by atoms with Crippen LogP contribution in [-0.4, -0.2) is 38.6 Å². The zero-order valence-electron chi connectivity index (χ0n) is 12.7. The van der Waals surface area contributed by atoms with Crippen molar-refractivity contribution in [3.63, 3.8) is 0 Å². The Morgan fingerprint density at radius 1 is 1.30 bits per heavy atom. The third-order valence-electron chi connectivity index (χ3n) is 4.45. The Kier molecular flexibility index (Phi) is 4.26. The van der Waals surface area contributed by atoms with Crippen molar-refractivity contribution in [3.8, 4) is 5.75 Å². The third kappa shape index (κ3) is 3.31. The van der Waals surface area contributed by atoms with E-state index in [1.54, 1.807) is 0 Å². The van der Waals surface area contributed by atoms with Crippen LogP contribution in [0.4, 0.5) is 5.69 Å². The normalized spacial score (nSPS) is 26.9. The number of nitrogens with zero attached hydrogens (tertiary/aromatic N) is 1. The van der Waals surface area contributed by atoms with E-state index in [9.17, 15) is 18.5 Å². The molecule has 0 radical (unpaired) electrons. The Hall–Kier alpha value is -1.71. The molecule has 1 aromatic rings. The number of piperidine rings is 1. The number of hydrogen-bond donors (Lipinski definition) is 2. The minimum absolute atomic E-state index is 0.194. The van der Waals surface area contributed by atoms with E-state index in [4.69, 9.17) is 4.74 Å². The second-order valence-electron chi connectivity index (χ2n) is 6.02. The molecule has 2 aliphatic rings. The van der Waals surface area contributed by atoms with Crippen molar-refractivity contribution in [1.29, 1.82) is 0 Å². The first kappa shape index (κ1) is 16.2. The van der Waals surface area contributed by atoms with Gasteiger partial charge in [-0.2, -0.15) is 0 Å². The number of rotatable bonds is 5. The molecule has 2 saturated heterocycles. The second kappa shape index (κ2) is 6.06. The number of sulfonamides is 1. The van der Waals surface area contributed by atoms with E-state index in [0.717, 1.165) is 18.9 Å². The van der Waals surface area contributed by atoms with Crippen molar-refractivity contribution in [2.75, 3.05) is 7.11 Å². The summed E-state index contributed by atoms with van der Waals surface area (Å²) in [7, 11) is -2.58. The molecule has 0 amide bonds. The predicted octanol–water partition coefficient (Wildman–Crippen LogP) is 1.16. The van der Waals surface area contributed by atoms with Gasteiger partial charge in [-0.1, -0.05) is 0 Å². The summed E-state index contributed by atoms with van der Waals surface area (Å²) in [4.78, 5) is 10.2. The fourth-order valence-electron chi connectivity index (χ4n) is 3.43. The van der Waals surface area contributed by atoms with E-state index in [2.05, 4.69) is 10.0 Å². The molecule has 9 heteroatoms. The fraction of sp³-hybridized carbons (Fsp3) is 0.571. The van der Waals surface area contributed by atoms with Gasteiger partial charge in [0.1, 0.15) is 5.75 Å². The van der Waals surface area contributed by atoms with Crippen LogP contribution < -0.4 is 14.8 Å². The number of nitrogens with one attached hydrogen (secondary N) is 2. The van der Waals surface area contributed by atoms with Crippen LogP contribution in [0.15, 0.2) is 23.1 Å². The molecule has 0 saturated carbocycles. The predicted molar refractivity (Wildman–Crippen MR) is 82.9 cm³/mol. The minimum atomic E-state index is -3.95. The van der Waals surface area contributed by atoms with Gasteiger partial charge in [0.25, 0.3) is 5.69 Å². The van der Waals surface area contributed by atoms with Crippen LogP contribution in [0.25, 0.3) is 0 Å². The Morgan fingerprint density at radius 2 is 1.96 bits per heavy atom. The highest BCUT2D eigenvalue weighted by Crippen LogP contribution is 2.31. The lowest BCUT2D eigenvalue weighted by Crippen LogP contribution is -2.47. The molecule has 2 bridgehead atoms. The monoisotopic (exact) mass is 341 g/mol. The van der Waals surface area contributed by atoms with E-state index >= 15 is 0 Å². The van der Waals surface area contributed by atoms with Gasteiger partial charge in [0.2, 0.25) is 10.0 Å². The number of fused-ring (bicyclic) bond motifs is 2. The Balaban J connectivity index is 1.86. The molecular weight excluding hydrogens is 322 g/mol. The molecule has 0 aromatic heterocycles. The Bertz CT molecular complexity index is 709. The molecule has 3 rings (SSSR count). The average molecular weight is 341 g/mol. The molecule has 2 aliphatic heterocycles. The zero-order valence-corrected chi connectivity index (χ0v) is 13.5. The number of benzene rings is 1. The first-order valence-corrected chi connectivity index (χ1v) is 8.98. The largest absolute Gasteiger partial charge is 0.497 e. The first-order chi connectivity index (χ1) is 10.9. The summed E-state index contributed by atoms with van der Waals surface area (Å²) in [6.07, 6.45) is 3.51. The lowest BCUT2D eigenvalue weighted by molar-refractivity contribution is -0.387. The first-order valence-electron chi connectivity index (χ1n) is 7.50. The van der Waals surface area contributed by atoms with E-state index in [1.165, 1.54) is 19.2 Å². The van der Waals surface area contributed by atoms with Gasteiger partial charge in [-0.3, -0.25) is 10.1 Å². The molecule has 2 heterocycles. The van der Waals surface area contributed by atoms with Crippen molar-refractivity contribution < 1.29 is 18.1 Å². The number of ether oxygens (including phenoxy) is 1. The van der Waals surface area contributed by atoms with Crippen molar-refractivity contribution in [3.05, 3.63) is 28.3 Å². The van der Waals surface area contributed by atoms with E-state index in [0.29, 0.717) is 24.9 Å². The molecule has 1 aromatic carbocycles. The highest BCUT2D eigenvalue weighted by molar-refractivity contribution is 7.89. The van der Waals surface area contributed by atoms with Crippen LogP contribution in [0.2, 0.25) is 0 Å². The second-order valence-corrected chi connectivity index (χ2v) is 7.70. The van der Waals surface area contributed by atoms with Crippen LogP contribution in [0, 0.1) is 10.1 Å². The van der Waals surface area contributed by atoms with Gasteiger partial charge >= 0.3 is 0 Å². The molecule has 2 fully saturated rings. The van der Waals surface area contributed by atoms with Crippen LogP contribution in [0.3, 0.4) is 0 Å². The lowest BCUT2D eigenvalue weighted by atomic mass is 10.0. The SMILES string of the molecule is COc1ccc(S(=O)(=O)NC2CC3CCC(C2)N3)c([N+](=O)[O-])c1. The van der Waals surface area contributed by atoms with Gasteiger partial charge in [0.05, 0.1) is 18.1 Å². The molecule has 0 aliphatic carbocycles. The maximum atomic E-state index is 12.6. The van der Waals surface area contributed by atoms with Crippen LogP contribution >= 0.6 is 0 Å². The number of hydrogen-bond acceptors (Lipinski definition) is 6. The van der Waals surface area contributed by atoms with E-state index in [-0.39, 0.29) is 16.7 Å². The minimum Gasteiger partial charge on any atom is -0.497 e. The Morgan fingerprint density at radius 3 is 2.52 bits per heavy atom. The molecule has 126 valence electrons. The standard InChI is InChI=1S/C14H19N3O5S/c1-22-12-4-5-14(13(8-12)17(18)19)23(20,21)16-11-6-9-2-3-10(7-11)15-9/h4-5,8-11,15-16H,2-3,6-7H2,1H3. The topological polar surface area (TPSA) is 111 Å². The quantitative estimate of drug-likeness (QED) is 0.614. The molecule has 8 nitrogen and oxygen atoms in total. The van der Waals surface area contributed by atoms with Crippen LogP contribution in [-0.2, 0) is 10.0 Å². The zero-order chi connectivity index (χ0) is 16.6. The Labute approximate surface area is 134 Å². The molecule has 23 heavy (non-hydrogen) atoms. The maximum absolute atomic E-state index is 12.6. The van der Waals surface area contributed by atoms with Gasteiger partial charge < -0.3 is 10.1 Å². The smallest absolute Gasteiger partial charge is 0.293 e. The maximum Gasteiger partial charge on any atom is 0.293 e. The van der Waals surface area contributed by atoms with Crippen molar-refractivity contribution in [2.45, 2.75) is 48.7 Å². The molecular formula is C14H19N3O5S. The average Bonchev–Trinajstić information content (AvgIpc) is 2.85. The summed E-state index contributed by atoms with van der Waals surface area (Å²) in [6.45, 7) is 0. The van der Waals surface area contributed by atoms with Gasteiger partial charge in [0, 0.05) is 18.1 Å². The van der Waals surface area contributed by atoms with E-state index in [1.807, 2.05) is 0 Å².